The van der Waals surface area contributed by atoms with Crippen LogP contribution in [0.15, 0.2) is 22.8 Å². The average molecular weight is 319 g/mol. The van der Waals surface area contributed by atoms with Gasteiger partial charge in [0, 0.05) is 33.1 Å². The Morgan fingerprint density at radius 2 is 1.87 bits per heavy atom. The third kappa shape index (κ3) is 3.55. The van der Waals surface area contributed by atoms with Crippen molar-refractivity contribution in [3.05, 3.63) is 24.2 Å². The number of nitrogens with zero attached hydrogens (tertiary/aromatic N) is 2. The van der Waals surface area contributed by atoms with Gasteiger partial charge in [-0.25, -0.2) is 0 Å². The standard InChI is InChI=1S/C16H21N3O4/c1-11(20)18-4-6-19(7-5-18)16(22)14-9-13(14)15(21)17-10-12-3-2-8-23-12/h2-3,8,13-14H,4-7,9-10H2,1H3,(H,17,21). The lowest BCUT2D eigenvalue weighted by Crippen LogP contribution is -2.50. The Bertz CT molecular complexity index is 590. The summed E-state index contributed by atoms with van der Waals surface area (Å²) >= 11 is 0. The molecule has 124 valence electrons. The normalized spacial score (nSPS) is 23.5. The molecule has 3 rings (SSSR count). The maximum absolute atomic E-state index is 12.4. The zero-order valence-corrected chi connectivity index (χ0v) is 13.2. The second-order valence-electron chi connectivity index (χ2n) is 6.08. The lowest BCUT2D eigenvalue weighted by atomic mass is 10.2. The molecule has 1 aliphatic carbocycles. The van der Waals surface area contributed by atoms with Crippen molar-refractivity contribution in [2.24, 2.45) is 11.8 Å². The molecule has 3 amide bonds. The molecule has 0 radical (unpaired) electrons. The maximum Gasteiger partial charge on any atom is 0.226 e. The van der Waals surface area contributed by atoms with E-state index in [2.05, 4.69) is 5.32 Å². The summed E-state index contributed by atoms with van der Waals surface area (Å²) in [5, 5.41) is 2.80. The molecule has 2 unspecified atom stereocenters. The second kappa shape index (κ2) is 6.44. The Hall–Kier alpha value is -2.31. The number of hydrogen-bond donors (Lipinski definition) is 1. The van der Waals surface area contributed by atoms with Gasteiger partial charge in [0.1, 0.15) is 5.76 Å². The smallest absolute Gasteiger partial charge is 0.226 e. The second-order valence-corrected chi connectivity index (χ2v) is 6.08. The highest BCUT2D eigenvalue weighted by atomic mass is 16.3. The molecule has 0 spiro atoms. The first kappa shape index (κ1) is 15.6. The number of nitrogens with one attached hydrogen (secondary N) is 1. The summed E-state index contributed by atoms with van der Waals surface area (Å²) in [6.45, 7) is 4.13. The molecule has 1 N–H and O–H groups in total. The average Bonchev–Trinajstić information content (AvgIpc) is 3.19. The van der Waals surface area contributed by atoms with Gasteiger partial charge in [-0.05, 0) is 18.6 Å². The van der Waals surface area contributed by atoms with Gasteiger partial charge in [-0.2, -0.15) is 0 Å². The van der Waals surface area contributed by atoms with E-state index in [9.17, 15) is 14.4 Å². The molecule has 23 heavy (non-hydrogen) atoms. The first-order chi connectivity index (χ1) is 11.1. The molecule has 7 heteroatoms. The molecule has 0 bridgehead atoms. The zero-order chi connectivity index (χ0) is 16.4. The van der Waals surface area contributed by atoms with Gasteiger partial charge in [0.25, 0.3) is 0 Å². The van der Waals surface area contributed by atoms with Gasteiger partial charge >= 0.3 is 0 Å². The van der Waals surface area contributed by atoms with Crippen LogP contribution in [0.3, 0.4) is 0 Å². The number of piperazine rings is 1. The van der Waals surface area contributed by atoms with E-state index in [-0.39, 0.29) is 29.6 Å². The molecule has 1 saturated carbocycles. The molecule has 1 saturated heterocycles. The molecule has 2 heterocycles. The first-order valence-corrected chi connectivity index (χ1v) is 7.90. The highest BCUT2D eigenvalue weighted by Crippen LogP contribution is 2.40. The van der Waals surface area contributed by atoms with Crippen molar-refractivity contribution < 1.29 is 18.8 Å². The summed E-state index contributed by atoms with van der Waals surface area (Å²) in [6, 6.07) is 3.57. The van der Waals surface area contributed by atoms with Crippen LogP contribution in [0.1, 0.15) is 19.1 Å². The van der Waals surface area contributed by atoms with Crippen LogP contribution in [0.25, 0.3) is 0 Å². The minimum Gasteiger partial charge on any atom is -0.467 e. The van der Waals surface area contributed by atoms with Gasteiger partial charge in [0.05, 0.1) is 24.6 Å². The van der Waals surface area contributed by atoms with Crippen LogP contribution >= 0.6 is 0 Å². The topological polar surface area (TPSA) is 82.9 Å². The Morgan fingerprint density at radius 1 is 1.17 bits per heavy atom. The fraction of sp³-hybridized carbons (Fsp3) is 0.562. The fourth-order valence-electron chi connectivity index (χ4n) is 2.95. The summed E-state index contributed by atoms with van der Waals surface area (Å²) in [4.78, 5) is 39.3. The molecule has 1 aliphatic heterocycles. The number of amides is 3. The number of carbonyl (C=O) groups is 3. The van der Waals surface area contributed by atoms with Crippen molar-refractivity contribution >= 4 is 17.7 Å². The van der Waals surface area contributed by atoms with Crippen LogP contribution in [0.4, 0.5) is 0 Å². The Balaban J connectivity index is 1.43. The summed E-state index contributed by atoms with van der Waals surface area (Å²) in [5.41, 5.74) is 0. The highest BCUT2D eigenvalue weighted by molar-refractivity contribution is 5.92. The number of furan rings is 1. The van der Waals surface area contributed by atoms with Crippen molar-refractivity contribution in [1.82, 2.24) is 15.1 Å². The fourth-order valence-corrected chi connectivity index (χ4v) is 2.95. The van der Waals surface area contributed by atoms with Crippen molar-refractivity contribution in [2.45, 2.75) is 19.9 Å². The lowest BCUT2D eigenvalue weighted by molar-refractivity contribution is -0.140. The largest absolute Gasteiger partial charge is 0.467 e. The molecular weight excluding hydrogens is 298 g/mol. The van der Waals surface area contributed by atoms with Gasteiger partial charge in [0.2, 0.25) is 17.7 Å². The van der Waals surface area contributed by atoms with E-state index in [1.165, 1.54) is 6.92 Å². The van der Waals surface area contributed by atoms with Crippen molar-refractivity contribution in [1.29, 1.82) is 0 Å². The monoisotopic (exact) mass is 319 g/mol. The van der Waals surface area contributed by atoms with E-state index >= 15 is 0 Å². The molecule has 2 aliphatic rings. The van der Waals surface area contributed by atoms with Gasteiger partial charge in [-0.15, -0.1) is 0 Å². The third-order valence-corrected chi connectivity index (χ3v) is 4.50. The van der Waals surface area contributed by atoms with Crippen molar-refractivity contribution in [3.63, 3.8) is 0 Å². The Kier molecular flexibility index (Phi) is 4.36. The van der Waals surface area contributed by atoms with E-state index in [1.807, 2.05) is 0 Å². The van der Waals surface area contributed by atoms with Crippen LogP contribution in [0.5, 0.6) is 0 Å². The quantitative estimate of drug-likeness (QED) is 0.861. The number of rotatable bonds is 4. The molecule has 0 aromatic carbocycles. The van der Waals surface area contributed by atoms with Crippen molar-refractivity contribution in [2.75, 3.05) is 26.2 Å². The molecular formula is C16H21N3O4. The Labute approximate surface area is 134 Å². The number of hydrogen-bond acceptors (Lipinski definition) is 4. The lowest BCUT2D eigenvalue weighted by Gasteiger charge is -2.34. The summed E-state index contributed by atoms with van der Waals surface area (Å²) in [5.74, 6) is 0.230. The van der Waals surface area contributed by atoms with E-state index in [4.69, 9.17) is 4.42 Å². The molecule has 2 atom stereocenters. The highest BCUT2D eigenvalue weighted by Gasteiger charge is 2.49. The van der Waals surface area contributed by atoms with Crippen LogP contribution < -0.4 is 5.32 Å². The molecule has 2 fully saturated rings. The van der Waals surface area contributed by atoms with E-state index in [0.29, 0.717) is 44.9 Å². The maximum atomic E-state index is 12.4. The van der Waals surface area contributed by atoms with Gasteiger partial charge in [0.15, 0.2) is 0 Å². The Morgan fingerprint density at radius 3 is 2.48 bits per heavy atom. The minimum atomic E-state index is -0.233. The van der Waals surface area contributed by atoms with Crippen LogP contribution in [0, 0.1) is 11.8 Å². The zero-order valence-electron chi connectivity index (χ0n) is 13.2. The predicted molar refractivity (Wildman–Crippen MR) is 81.0 cm³/mol. The third-order valence-electron chi connectivity index (χ3n) is 4.50. The van der Waals surface area contributed by atoms with Crippen LogP contribution in [-0.2, 0) is 20.9 Å². The summed E-state index contributed by atoms with van der Waals surface area (Å²) < 4.78 is 5.16. The minimum absolute atomic E-state index is 0.0337. The summed E-state index contributed by atoms with van der Waals surface area (Å²) in [6.07, 6.45) is 2.17. The molecule has 7 nitrogen and oxygen atoms in total. The molecule has 1 aromatic heterocycles. The summed E-state index contributed by atoms with van der Waals surface area (Å²) in [7, 11) is 0. The molecule has 1 aromatic rings. The van der Waals surface area contributed by atoms with Gasteiger partial charge in [-0.1, -0.05) is 0 Å². The van der Waals surface area contributed by atoms with Crippen molar-refractivity contribution in [3.8, 4) is 0 Å². The van der Waals surface area contributed by atoms with E-state index in [0.717, 1.165) is 0 Å². The van der Waals surface area contributed by atoms with Crippen LogP contribution in [-0.4, -0.2) is 53.7 Å². The first-order valence-electron chi connectivity index (χ1n) is 7.90. The van der Waals surface area contributed by atoms with Gasteiger partial charge < -0.3 is 19.5 Å². The number of carbonyl (C=O) groups excluding carboxylic acids is 3. The van der Waals surface area contributed by atoms with Crippen LogP contribution in [0.2, 0.25) is 0 Å². The van der Waals surface area contributed by atoms with E-state index < -0.39 is 0 Å². The SMILES string of the molecule is CC(=O)N1CCN(C(=O)C2CC2C(=O)NCc2ccco2)CC1. The predicted octanol–water partition coefficient (Wildman–Crippen LogP) is 0.223. The van der Waals surface area contributed by atoms with E-state index in [1.54, 1.807) is 28.2 Å². The van der Waals surface area contributed by atoms with Gasteiger partial charge in [-0.3, -0.25) is 14.4 Å².